The topological polar surface area (TPSA) is 77.0 Å². The number of nitrogens with zero attached hydrogens (tertiary/aromatic N) is 4. The number of nitrogens with two attached hydrogens (primary N) is 1. The molecule has 0 bridgehead atoms. The van der Waals surface area contributed by atoms with Crippen molar-refractivity contribution in [2.75, 3.05) is 6.54 Å². The summed E-state index contributed by atoms with van der Waals surface area (Å²) in [5, 5.41) is 8.99. The van der Waals surface area contributed by atoms with Crippen LogP contribution in [0.1, 0.15) is 17.7 Å². The summed E-state index contributed by atoms with van der Waals surface area (Å²) < 4.78 is 42.1. The fourth-order valence-corrected chi connectivity index (χ4v) is 3.74. The molecule has 31 heavy (non-hydrogen) atoms. The van der Waals surface area contributed by atoms with Gasteiger partial charge in [0.2, 0.25) is 5.91 Å². The Morgan fingerprint density at radius 3 is 2.55 bits per heavy atom. The SMILES string of the molecule is N[C@@H](CC(=O)N1CCn2nnc(-c3ccc(Cl)cc3)c2C1)Cc1cc(F)c(F)cc1F. The van der Waals surface area contributed by atoms with Crippen LogP contribution in [0.3, 0.4) is 0 Å². The molecule has 2 N–H and O–H groups in total. The molecule has 0 saturated carbocycles. The highest BCUT2D eigenvalue weighted by atomic mass is 35.5. The van der Waals surface area contributed by atoms with Gasteiger partial charge in [-0.05, 0) is 30.2 Å². The van der Waals surface area contributed by atoms with E-state index in [1.807, 2.05) is 12.1 Å². The molecule has 0 saturated heterocycles. The van der Waals surface area contributed by atoms with Crippen molar-refractivity contribution >= 4 is 17.5 Å². The van der Waals surface area contributed by atoms with Crippen molar-refractivity contribution in [3.8, 4) is 11.3 Å². The van der Waals surface area contributed by atoms with E-state index >= 15 is 0 Å². The fourth-order valence-electron chi connectivity index (χ4n) is 3.62. The first-order valence-corrected chi connectivity index (χ1v) is 10.0. The zero-order valence-corrected chi connectivity index (χ0v) is 17.1. The Balaban J connectivity index is 1.44. The second-order valence-corrected chi connectivity index (χ2v) is 7.89. The number of rotatable bonds is 5. The van der Waals surface area contributed by atoms with E-state index in [2.05, 4.69) is 10.3 Å². The average molecular weight is 450 g/mol. The molecule has 162 valence electrons. The number of fused-ring (bicyclic) bond motifs is 1. The van der Waals surface area contributed by atoms with E-state index in [1.165, 1.54) is 0 Å². The first-order chi connectivity index (χ1) is 14.8. The summed E-state index contributed by atoms with van der Waals surface area (Å²) in [4.78, 5) is 14.4. The second kappa shape index (κ2) is 8.68. The zero-order valence-electron chi connectivity index (χ0n) is 16.4. The third-order valence-electron chi connectivity index (χ3n) is 5.24. The number of benzene rings is 2. The Kier molecular flexibility index (Phi) is 5.97. The van der Waals surface area contributed by atoms with E-state index < -0.39 is 23.5 Å². The quantitative estimate of drug-likeness (QED) is 0.606. The van der Waals surface area contributed by atoms with Gasteiger partial charge in [-0.25, -0.2) is 17.9 Å². The molecule has 6 nitrogen and oxygen atoms in total. The van der Waals surface area contributed by atoms with Crippen molar-refractivity contribution in [1.29, 1.82) is 0 Å². The molecule has 0 radical (unpaired) electrons. The summed E-state index contributed by atoms with van der Waals surface area (Å²) in [5.41, 5.74) is 8.24. The molecule has 1 amide bonds. The smallest absolute Gasteiger partial charge is 0.224 e. The number of carbonyl (C=O) groups is 1. The van der Waals surface area contributed by atoms with Gasteiger partial charge in [-0.15, -0.1) is 5.10 Å². The third-order valence-corrected chi connectivity index (χ3v) is 5.49. The normalized spacial score (nSPS) is 14.4. The van der Waals surface area contributed by atoms with Crippen molar-refractivity contribution in [2.45, 2.75) is 32.0 Å². The van der Waals surface area contributed by atoms with Crippen molar-refractivity contribution in [3.63, 3.8) is 0 Å². The van der Waals surface area contributed by atoms with Gasteiger partial charge >= 0.3 is 0 Å². The van der Waals surface area contributed by atoms with E-state index in [-0.39, 0.29) is 24.3 Å². The second-order valence-electron chi connectivity index (χ2n) is 7.46. The molecule has 1 aliphatic rings. The molecule has 0 aliphatic carbocycles. The molecule has 2 heterocycles. The Labute approximate surface area is 181 Å². The number of halogens is 4. The molecule has 1 aromatic heterocycles. The molecule has 0 fully saturated rings. The lowest BCUT2D eigenvalue weighted by Gasteiger charge is -2.28. The molecule has 1 aliphatic heterocycles. The lowest BCUT2D eigenvalue weighted by atomic mass is 10.0. The summed E-state index contributed by atoms with van der Waals surface area (Å²) >= 11 is 5.94. The first-order valence-electron chi connectivity index (χ1n) is 9.67. The van der Waals surface area contributed by atoms with Crippen molar-refractivity contribution in [1.82, 2.24) is 19.9 Å². The van der Waals surface area contributed by atoms with Gasteiger partial charge in [-0.3, -0.25) is 4.79 Å². The molecule has 0 spiro atoms. The van der Waals surface area contributed by atoms with Crippen LogP contribution in [0.2, 0.25) is 5.02 Å². The van der Waals surface area contributed by atoms with Crippen LogP contribution >= 0.6 is 11.6 Å². The van der Waals surface area contributed by atoms with Gasteiger partial charge in [0, 0.05) is 35.7 Å². The molecule has 4 rings (SSSR count). The van der Waals surface area contributed by atoms with Crippen LogP contribution in [0.5, 0.6) is 0 Å². The minimum Gasteiger partial charge on any atom is -0.335 e. The molecule has 2 aromatic carbocycles. The van der Waals surface area contributed by atoms with Crippen LogP contribution in [0.25, 0.3) is 11.3 Å². The number of hydrogen-bond acceptors (Lipinski definition) is 4. The van der Waals surface area contributed by atoms with Crippen LogP contribution in [0, 0.1) is 17.5 Å². The van der Waals surface area contributed by atoms with Gasteiger partial charge in [0.1, 0.15) is 11.5 Å². The van der Waals surface area contributed by atoms with E-state index in [0.717, 1.165) is 17.3 Å². The largest absolute Gasteiger partial charge is 0.335 e. The number of amides is 1. The summed E-state index contributed by atoms with van der Waals surface area (Å²) in [7, 11) is 0. The first kappa shape index (κ1) is 21.3. The molecule has 3 aromatic rings. The van der Waals surface area contributed by atoms with Gasteiger partial charge in [0.25, 0.3) is 0 Å². The average Bonchev–Trinajstić information content (AvgIpc) is 3.15. The highest BCUT2D eigenvalue weighted by molar-refractivity contribution is 6.30. The van der Waals surface area contributed by atoms with Crippen molar-refractivity contribution in [3.05, 3.63) is 70.1 Å². The van der Waals surface area contributed by atoms with Gasteiger partial charge in [0.05, 0.1) is 18.8 Å². The maximum absolute atomic E-state index is 13.9. The summed E-state index contributed by atoms with van der Waals surface area (Å²) in [6.45, 7) is 1.21. The standard InChI is InChI=1S/C21H19ClF3N5O/c22-14-3-1-12(2-4-14)21-19-11-29(5-6-30(19)28-27-21)20(31)9-15(26)7-13-8-17(24)18(25)10-16(13)23/h1-4,8,10,15H,5-7,9,11,26H2/t15-/m1/s1. The van der Waals surface area contributed by atoms with Crippen LogP contribution in [0.4, 0.5) is 13.2 Å². The van der Waals surface area contributed by atoms with E-state index in [0.29, 0.717) is 36.4 Å². The van der Waals surface area contributed by atoms with Crippen molar-refractivity contribution < 1.29 is 18.0 Å². The minimum absolute atomic E-state index is 0.0592. The third kappa shape index (κ3) is 4.57. The summed E-state index contributed by atoms with van der Waals surface area (Å²) in [6.07, 6.45) is -0.144. The molecular formula is C21H19ClF3N5O. The Bertz CT molecular complexity index is 1120. The molecule has 0 unspecified atom stereocenters. The highest BCUT2D eigenvalue weighted by Crippen LogP contribution is 2.26. The van der Waals surface area contributed by atoms with Crippen LogP contribution in [-0.4, -0.2) is 38.4 Å². The molecular weight excluding hydrogens is 431 g/mol. The van der Waals surface area contributed by atoms with Crippen LogP contribution < -0.4 is 5.73 Å². The van der Waals surface area contributed by atoms with E-state index in [9.17, 15) is 18.0 Å². The molecule has 10 heteroatoms. The van der Waals surface area contributed by atoms with Crippen LogP contribution in [-0.2, 0) is 24.3 Å². The van der Waals surface area contributed by atoms with Gasteiger partial charge < -0.3 is 10.6 Å². The highest BCUT2D eigenvalue weighted by Gasteiger charge is 2.27. The molecule has 1 atom stereocenters. The Morgan fingerprint density at radius 1 is 1.10 bits per heavy atom. The Morgan fingerprint density at radius 2 is 1.81 bits per heavy atom. The monoisotopic (exact) mass is 449 g/mol. The lowest BCUT2D eigenvalue weighted by Crippen LogP contribution is -2.41. The maximum atomic E-state index is 13.9. The summed E-state index contributed by atoms with van der Waals surface area (Å²) in [6, 6.07) is 7.69. The maximum Gasteiger partial charge on any atom is 0.224 e. The van der Waals surface area contributed by atoms with Gasteiger partial charge in [-0.2, -0.15) is 0 Å². The zero-order chi connectivity index (χ0) is 22.1. The van der Waals surface area contributed by atoms with Gasteiger partial charge in [0.15, 0.2) is 11.6 Å². The van der Waals surface area contributed by atoms with E-state index in [4.69, 9.17) is 17.3 Å². The number of aromatic nitrogens is 3. The van der Waals surface area contributed by atoms with Gasteiger partial charge in [-0.1, -0.05) is 28.9 Å². The Hall–Kier alpha value is -2.91. The lowest BCUT2D eigenvalue weighted by molar-refractivity contribution is -0.133. The predicted octanol–water partition coefficient (Wildman–Crippen LogP) is 3.32. The summed E-state index contributed by atoms with van der Waals surface area (Å²) in [5.74, 6) is -3.52. The minimum atomic E-state index is -1.26. The fraction of sp³-hybridized carbons (Fsp3) is 0.286. The number of hydrogen-bond donors (Lipinski definition) is 1. The van der Waals surface area contributed by atoms with Crippen molar-refractivity contribution in [2.24, 2.45) is 5.73 Å². The van der Waals surface area contributed by atoms with Crippen LogP contribution in [0.15, 0.2) is 36.4 Å². The predicted molar refractivity (Wildman–Crippen MR) is 108 cm³/mol. The van der Waals surface area contributed by atoms with E-state index in [1.54, 1.807) is 21.7 Å². The number of carbonyl (C=O) groups excluding carboxylic acids is 1.